The quantitative estimate of drug-likeness (QED) is 0.635. The Bertz CT molecular complexity index is 987. The fourth-order valence-corrected chi connectivity index (χ4v) is 5.10. The third kappa shape index (κ3) is 5.82. The third-order valence-electron chi connectivity index (χ3n) is 5.65. The van der Waals surface area contributed by atoms with Gasteiger partial charge in [-0.15, -0.1) is 0 Å². The number of amides is 1. The number of nitrogens with one attached hydrogen (secondary N) is 1. The van der Waals surface area contributed by atoms with E-state index < -0.39 is 57.5 Å². The van der Waals surface area contributed by atoms with Gasteiger partial charge in [0.25, 0.3) is 5.91 Å². The van der Waals surface area contributed by atoms with Gasteiger partial charge in [0.1, 0.15) is 0 Å². The number of halogens is 6. The first-order valence-corrected chi connectivity index (χ1v) is 12.2. The largest absolute Gasteiger partial charge is 0.417 e. The Morgan fingerprint density at radius 2 is 1.88 bits per heavy atom. The van der Waals surface area contributed by atoms with Crippen molar-refractivity contribution in [2.45, 2.75) is 43.8 Å². The number of hydrogen-bond acceptors (Lipinski definition) is 4. The van der Waals surface area contributed by atoms with Gasteiger partial charge in [-0.25, -0.2) is 21.5 Å². The molecule has 1 atom stereocenters. The second-order valence-corrected chi connectivity index (χ2v) is 10.5. The summed E-state index contributed by atoms with van der Waals surface area (Å²) in [5.74, 6) is -3.68. The van der Waals surface area contributed by atoms with Crippen molar-refractivity contribution in [2.75, 3.05) is 37.3 Å². The van der Waals surface area contributed by atoms with E-state index in [4.69, 9.17) is 11.6 Å². The van der Waals surface area contributed by atoms with Crippen LogP contribution in [0.25, 0.3) is 0 Å². The molecule has 2 heterocycles. The molecule has 2 aliphatic rings. The first-order valence-electron chi connectivity index (χ1n) is 9.97. The summed E-state index contributed by atoms with van der Waals surface area (Å²) in [5.41, 5.74) is -1.47. The van der Waals surface area contributed by atoms with Gasteiger partial charge in [0.15, 0.2) is 0 Å². The Morgan fingerprint density at radius 3 is 2.47 bits per heavy atom. The molecule has 0 saturated carbocycles. The number of anilines is 1. The normalized spacial score (nSPS) is 22.6. The van der Waals surface area contributed by atoms with Gasteiger partial charge >= 0.3 is 6.18 Å². The lowest BCUT2D eigenvalue weighted by Gasteiger charge is -2.27. The van der Waals surface area contributed by atoms with Crippen molar-refractivity contribution in [2.24, 2.45) is 0 Å². The standard InChI is InChI=1S/C19H23ClF5N3O3S/c1-32(30,31)28-7-3-12(11-28)26-17(29)13-9-15(20)14(19(23,24)25)10-16(13)27-6-2-4-18(21,22)5-8-27/h9-10,12H,2-8,11H2,1H3,(H,26,29). The molecule has 0 aliphatic carbocycles. The van der Waals surface area contributed by atoms with Crippen LogP contribution >= 0.6 is 11.6 Å². The van der Waals surface area contributed by atoms with Crippen LogP contribution in [0.1, 0.15) is 41.6 Å². The van der Waals surface area contributed by atoms with Gasteiger partial charge in [-0.1, -0.05) is 11.6 Å². The molecule has 3 rings (SSSR count). The Kier molecular flexibility index (Phi) is 6.98. The lowest BCUT2D eigenvalue weighted by atomic mass is 10.1. The molecule has 180 valence electrons. The molecule has 1 unspecified atom stereocenters. The first-order chi connectivity index (χ1) is 14.7. The smallest absolute Gasteiger partial charge is 0.371 e. The molecular weight excluding hydrogens is 481 g/mol. The number of benzene rings is 1. The number of rotatable bonds is 4. The maximum Gasteiger partial charge on any atom is 0.417 e. The van der Waals surface area contributed by atoms with Crippen LogP contribution in [0.15, 0.2) is 12.1 Å². The van der Waals surface area contributed by atoms with E-state index in [2.05, 4.69) is 5.32 Å². The van der Waals surface area contributed by atoms with Crippen LogP contribution in [0.3, 0.4) is 0 Å². The molecule has 2 fully saturated rings. The fourth-order valence-electron chi connectivity index (χ4n) is 3.94. The number of carbonyl (C=O) groups is 1. The molecule has 1 aromatic rings. The molecule has 1 aromatic carbocycles. The Balaban J connectivity index is 1.92. The van der Waals surface area contributed by atoms with E-state index >= 15 is 0 Å². The SMILES string of the molecule is CS(=O)(=O)N1CCC(NC(=O)c2cc(Cl)c(C(F)(F)F)cc2N2CCCC(F)(F)CC2)C1. The van der Waals surface area contributed by atoms with Crippen LogP contribution in [-0.4, -0.2) is 63.0 Å². The minimum Gasteiger partial charge on any atom is -0.371 e. The topological polar surface area (TPSA) is 69.7 Å². The summed E-state index contributed by atoms with van der Waals surface area (Å²) in [6.07, 6.45) is -4.32. The van der Waals surface area contributed by atoms with Gasteiger partial charge < -0.3 is 10.2 Å². The molecular formula is C19H23ClF5N3O3S. The van der Waals surface area contributed by atoms with Crippen LogP contribution in [0.4, 0.5) is 27.6 Å². The molecule has 6 nitrogen and oxygen atoms in total. The zero-order valence-corrected chi connectivity index (χ0v) is 18.8. The van der Waals surface area contributed by atoms with Gasteiger partial charge in [-0.05, 0) is 25.0 Å². The molecule has 2 aliphatic heterocycles. The number of carbonyl (C=O) groups excluding carboxylic acids is 1. The molecule has 13 heteroatoms. The molecule has 0 radical (unpaired) electrons. The maximum atomic E-state index is 13.8. The predicted octanol–water partition coefficient (Wildman–Crippen LogP) is 3.75. The van der Waals surface area contributed by atoms with E-state index in [-0.39, 0.29) is 43.9 Å². The van der Waals surface area contributed by atoms with Gasteiger partial charge in [-0.3, -0.25) is 4.79 Å². The predicted molar refractivity (Wildman–Crippen MR) is 110 cm³/mol. The molecule has 0 bridgehead atoms. The van der Waals surface area contributed by atoms with Gasteiger partial charge in [-0.2, -0.15) is 13.2 Å². The summed E-state index contributed by atoms with van der Waals surface area (Å²) < 4.78 is 92.4. The number of hydrogen-bond donors (Lipinski definition) is 1. The van der Waals surface area contributed by atoms with Crippen molar-refractivity contribution in [3.63, 3.8) is 0 Å². The van der Waals surface area contributed by atoms with E-state index in [1.165, 1.54) is 9.21 Å². The number of nitrogens with zero attached hydrogens (tertiary/aromatic N) is 2. The summed E-state index contributed by atoms with van der Waals surface area (Å²) in [7, 11) is -3.45. The number of alkyl halides is 5. The summed E-state index contributed by atoms with van der Waals surface area (Å²) >= 11 is 5.82. The fraction of sp³-hybridized carbons (Fsp3) is 0.632. The molecule has 0 aromatic heterocycles. The molecule has 2 saturated heterocycles. The zero-order chi connectivity index (χ0) is 23.9. The van der Waals surface area contributed by atoms with Crippen LogP contribution in [0.2, 0.25) is 5.02 Å². The molecule has 0 spiro atoms. The summed E-state index contributed by atoms with van der Waals surface area (Å²) in [6.45, 7) is 0.0629. The van der Waals surface area contributed by atoms with Crippen LogP contribution < -0.4 is 10.2 Å². The maximum absolute atomic E-state index is 13.8. The number of sulfonamides is 1. The lowest BCUT2D eigenvalue weighted by Crippen LogP contribution is -2.39. The summed E-state index contributed by atoms with van der Waals surface area (Å²) in [5, 5.41) is 1.95. The van der Waals surface area contributed by atoms with Gasteiger partial charge in [0.2, 0.25) is 15.9 Å². The Hall–Kier alpha value is -1.66. The molecule has 1 N–H and O–H groups in total. The highest BCUT2D eigenvalue weighted by Crippen LogP contribution is 2.40. The van der Waals surface area contributed by atoms with E-state index in [0.717, 1.165) is 18.4 Å². The van der Waals surface area contributed by atoms with Crippen molar-refractivity contribution in [3.05, 3.63) is 28.3 Å². The highest BCUT2D eigenvalue weighted by atomic mass is 35.5. The van der Waals surface area contributed by atoms with E-state index in [9.17, 15) is 35.2 Å². The van der Waals surface area contributed by atoms with Crippen molar-refractivity contribution in [1.82, 2.24) is 9.62 Å². The van der Waals surface area contributed by atoms with Gasteiger partial charge in [0, 0.05) is 45.1 Å². The average Bonchev–Trinajstić information content (AvgIpc) is 3.04. The van der Waals surface area contributed by atoms with E-state index in [1.54, 1.807) is 0 Å². The minimum atomic E-state index is -4.79. The third-order valence-corrected chi connectivity index (χ3v) is 7.23. The highest BCUT2D eigenvalue weighted by Gasteiger charge is 2.38. The highest BCUT2D eigenvalue weighted by molar-refractivity contribution is 7.88. The second-order valence-electron chi connectivity index (χ2n) is 8.12. The van der Waals surface area contributed by atoms with Crippen molar-refractivity contribution in [1.29, 1.82) is 0 Å². The molecule has 1 amide bonds. The van der Waals surface area contributed by atoms with Crippen LogP contribution in [0, 0.1) is 0 Å². The summed E-state index contributed by atoms with van der Waals surface area (Å²) in [6, 6.07) is 1.07. The van der Waals surface area contributed by atoms with Crippen LogP contribution in [-0.2, 0) is 16.2 Å². The van der Waals surface area contributed by atoms with Crippen molar-refractivity contribution < 1.29 is 35.2 Å². The van der Waals surface area contributed by atoms with E-state index in [0.29, 0.717) is 6.42 Å². The Labute approximate surface area is 187 Å². The van der Waals surface area contributed by atoms with Crippen molar-refractivity contribution >= 4 is 33.2 Å². The molecule has 32 heavy (non-hydrogen) atoms. The van der Waals surface area contributed by atoms with E-state index in [1.807, 2.05) is 0 Å². The summed E-state index contributed by atoms with van der Waals surface area (Å²) in [4.78, 5) is 14.3. The zero-order valence-electron chi connectivity index (χ0n) is 17.2. The average molecular weight is 504 g/mol. The Morgan fingerprint density at radius 1 is 1.19 bits per heavy atom. The lowest BCUT2D eigenvalue weighted by molar-refractivity contribution is -0.137. The van der Waals surface area contributed by atoms with Crippen molar-refractivity contribution in [3.8, 4) is 0 Å². The monoisotopic (exact) mass is 503 g/mol. The van der Waals surface area contributed by atoms with Crippen LogP contribution in [0.5, 0.6) is 0 Å². The first kappa shape index (κ1) is 25.0. The second kappa shape index (κ2) is 8.94. The minimum absolute atomic E-state index is 0.0320. The van der Waals surface area contributed by atoms with Gasteiger partial charge in [0.05, 0.1) is 28.1 Å².